The maximum atomic E-state index is 12.5. The van der Waals surface area contributed by atoms with Gasteiger partial charge in [-0.2, -0.15) is 0 Å². The van der Waals surface area contributed by atoms with E-state index in [0.717, 1.165) is 23.0 Å². The number of imidazole rings is 1. The summed E-state index contributed by atoms with van der Waals surface area (Å²) in [6, 6.07) is 6.74. The van der Waals surface area contributed by atoms with Crippen LogP contribution in [0.5, 0.6) is 0 Å². The van der Waals surface area contributed by atoms with E-state index in [-0.39, 0.29) is 17.6 Å². The molecule has 0 aliphatic rings. The van der Waals surface area contributed by atoms with Crippen LogP contribution in [0.15, 0.2) is 41.8 Å². The topological polar surface area (TPSA) is 102 Å². The maximum Gasteiger partial charge on any atom is 0.257 e. The summed E-state index contributed by atoms with van der Waals surface area (Å²) in [7, 11) is 1.88. The molecule has 0 spiro atoms. The predicted molar refractivity (Wildman–Crippen MR) is 120 cm³/mol. The van der Waals surface area contributed by atoms with Gasteiger partial charge in [0.2, 0.25) is 11.0 Å². The molecule has 0 aliphatic heterocycles. The molecule has 3 aromatic rings. The molecule has 0 saturated heterocycles. The molecule has 0 atom stereocenters. The van der Waals surface area contributed by atoms with Gasteiger partial charge in [0.15, 0.2) is 5.16 Å². The molecule has 3 rings (SSSR count). The number of thioether (sulfide) groups is 1. The van der Waals surface area contributed by atoms with Crippen molar-refractivity contribution in [1.82, 2.24) is 19.7 Å². The molecule has 10 heteroatoms. The smallest absolute Gasteiger partial charge is 0.257 e. The average Bonchev–Trinajstić information content (AvgIpc) is 3.37. The number of hydrogen-bond donors (Lipinski definition) is 2. The number of rotatable bonds is 9. The Morgan fingerprint density at radius 3 is 2.50 bits per heavy atom. The number of aryl methyl sites for hydroxylation is 1. The van der Waals surface area contributed by atoms with Gasteiger partial charge >= 0.3 is 0 Å². The van der Waals surface area contributed by atoms with Crippen LogP contribution >= 0.6 is 23.1 Å². The molecule has 2 aromatic heterocycles. The van der Waals surface area contributed by atoms with Gasteiger partial charge < -0.3 is 9.88 Å². The summed E-state index contributed by atoms with van der Waals surface area (Å²) in [5, 5.41) is 16.1. The SMILES string of the molecule is CCC(CC)c1nnc(NC(=O)c2ccc(NC(=O)CSc3nccn3C)cc2)s1. The molecule has 0 radical (unpaired) electrons. The van der Waals surface area contributed by atoms with Crippen LogP contribution in [0.1, 0.15) is 48.0 Å². The van der Waals surface area contributed by atoms with Gasteiger partial charge in [-0.1, -0.05) is 36.9 Å². The number of nitrogens with zero attached hydrogens (tertiary/aromatic N) is 4. The fourth-order valence-electron chi connectivity index (χ4n) is 2.78. The Bertz CT molecular complexity index is 995. The first-order valence-corrected chi connectivity index (χ1v) is 11.4. The Balaban J connectivity index is 1.52. The fourth-order valence-corrected chi connectivity index (χ4v) is 4.52. The number of carbonyl (C=O) groups excluding carboxylic acids is 2. The Kier molecular flexibility index (Phi) is 7.58. The molecule has 0 fully saturated rings. The molecule has 158 valence electrons. The molecule has 1 aromatic carbocycles. The number of aromatic nitrogens is 4. The number of anilines is 2. The summed E-state index contributed by atoms with van der Waals surface area (Å²) in [5.74, 6) is 0.225. The monoisotopic (exact) mass is 444 g/mol. The zero-order valence-electron chi connectivity index (χ0n) is 17.1. The predicted octanol–water partition coefficient (Wildman–Crippen LogP) is 4.16. The third kappa shape index (κ3) is 5.67. The van der Waals surface area contributed by atoms with Crippen molar-refractivity contribution in [1.29, 1.82) is 0 Å². The molecule has 0 aliphatic carbocycles. The highest BCUT2D eigenvalue weighted by atomic mass is 32.2. The number of nitrogens with one attached hydrogen (secondary N) is 2. The standard InChI is InChI=1S/C20H24N6O2S2/c1-4-13(5-2)18-24-25-19(30-18)23-17(28)14-6-8-15(9-7-14)22-16(27)12-29-20-21-10-11-26(20)3/h6-11,13H,4-5,12H2,1-3H3,(H,22,27)(H,23,25,28). The lowest BCUT2D eigenvalue weighted by Crippen LogP contribution is -2.15. The van der Waals surface area contributed by atoms with Crippen LogP contribution in [0.2, 0.25) is 0 Å². The lowest BCUT2D eigenvalue weighted by molar-refractivity contribution is -0.113. The summed E-state index contributed by atoms with van der Waals surface area (Å²) in [5.41, 5.74) is 1.11. The maximum absolute atomic E-state index is 12.5. The van der Waals surface area contributed by atoms with Gasteiger partial charge in [-0.05, 0) is 37.1 Å². The van der Waals surface area contributed by atoms with Gasteiger partial charge in [0.1, 0.15) is 5.01 Å². The summed E-state index contributed by atoms with van der Waals surface area (Å²) in [6.45, 7) is 4.23. The lowest BCUT2D eigenvalue weighted by Gasteiger charge is -2.07. The number of carbonyl (C=O) groups is 2. The van der Waals surface area contributed by atoms with E-state index in [1.807, 2.05) is 17.8 Å². The molecular weight excluding hydrogens is 420 g/mol. The van der Waals surface area contributed by atoms with E-state index in [2.05, 4.69) is 39.7 Å². The molecule has 2 N–H and O–H groups in total. The van der Waals surface area contributed by atoms with Crippen molar-refractivity contribution in [2.24, 2.45) is 7.05 Å². The molecule has 30 heavy (non-hydrogen) atoms. The van der Waals surface area contributed by atoms with Gasteiger partial charge in [0, 0.05) is 36.6 Å². The van der Waals surface area contributed by atoms with Crippen LogP contribution < -0.4 is 10.6 Å². The molecule has 8 nitrogen and oxygen atoms in total. The van der Waals surface area contributed by atoms with Crippen LogP contribution in [-0.2, 0) is 11.8 Å². The van der Waals surface area contributed by atoms with Gasteiger partial charge in [-0.25, -0.2) is 4.98 Å². The van der Waals surface area contributed by atoms with E-state index in [1.54, 1.807) is 30.5 Å². The molecular formula is C20H24N6O2S2. The Hall–Kier alpha value is -2.72. The Labute approximate surface area is 183 Å². The third-order valence-electron chi connectivity index (χ3n) is 4.54. The van der Waals surface area contributed by atoms with Gasteiger partial charge in [0.25, 0.3) is 5.91 Å². The van der Waals surface area contributed by atoms with Gasteiger partial charge in [0.05, 0.1) is 5.75 Å². The van der Waals surface area contributed by atoms with E-state index in [4.69, 9.17) is 0 Å². The largest absolute Gasteiger partial charge is 0.329 e. The van der Waals surface area contributed by atoms with Crippen molar-refractivity contribution >= 4 is 45.7 Å². The zero-order chi connectivity index (χ0) is 21.5. The first-order chi connectivity index (χ1) is 14.5. The first kappa shape index (κ1) is 22.0. The minimum absolute atomic E-state index is 0.136. The number of hydrogen-bond acceptors (Lipinski definition) is 7. The molecule has 0 unspecified atom stereocenters. The lowest BCUT2D eigenvalue weighted by atomic mass is 10.1. The summed E-state index contributed by atoms with van der Waals surface area (Å²) >= 11 is 2.77. The van der Waals surface area contributed by atoms with E-state index < -0.39 is 0 Å². The van der Waals surface area contributed by atoms with Gasteiger partial charge in [-0.3, -0.25) is 14.9 Å². The normalized spacial score (nSPS) is 10.9. The van der Waals surface area contributed by atoms with Crippen molar-refractivity contribution in [3.05, 3.63) is 47.2 Å². The third-order valence-corrected chi connectivity index (χ3v) is 6.60. The minimum Gasteiger partial charge on any atom is -0.329 e. The van der Waals surface area contributed by atoms with Crippen LogP contribution in [0.3, 0.4) is 0 Å². The van der Waals surface area contributed by atoms with Crippen molar-refractivity contribution < 1.29 is 9.59 Å². The van der Waals surface area contributed by atoms with E-state index in [0.29, 0.717) is 22.3 Å². The fraction of sp³-hybridized carbons (Fsp3) is 0.350. The van der Waals surface area contributed by atoms with E-state index >= 15 is 0 Å². The second-order valence-corrected chi connectivity index (χ2v) is 8.60. The first-order valence-electron chi connectivity index (χ1n) is 9.64. The van der Waals surface area contributed by atoms with Crippen LogP contribution in [0, 0.1) is 0 Å². The Morgan fingerprint density at radius 1 is 1.13 bits per heavy atom. The highest BCUT2D eigenvalue weighted by Gasteiger charge is 2.15. The summed E-state index contributed by atoms with van der Waals surface area (Å²) in [6.07, 6.45) is 5.51. The highest BCUT2D eigenvalue weighted by Crippen LogP contribution is 2.28. The van der Waals surface area contributed by atoms with Crippen molar-refractivity contribution in [2.45, 2.75) is 37.8 Å². The second-order valence-electron chi connectivity index (χ2n) is 6.65. The van der Waals surface area contributed by atoms with Crippen LogP contribution in [0.4, 0.5) is 10.8 Å². The molecule has 0 bridgehead atoms. The summed E-state index contributed by atoms with van der Waals surface area (Å²) < 4.78 is 1.86. The Morgan fingerprint density at radius 2 is 1.87 bits per heavy atom. The number of amides is 2. The van der Waals surface area contributed by atoms with Crippen molar-refractivity contribution in [2.75, 3.05) is 16.4 Å². The summed E-state index contributed by atoms with van der Waals surface area (Å²) in [4.78, 5) is 28.8. The van der Waals surface area contributed by atoms with E-state index in [9.17, 15) is 9.59 Å². The molecule has 2 amide bonds. The highest BCUT2D eigenvalue weighted by molar-refractivity contribution is 7.99. The number of benzene rings is 1. The van der Waals surface area contributed by atoms with E-state index in [1.165, 1.54) is 23.1 Å². The zero-order valence-corrected chi connectivity index (χ0v) is 18.7. The average molecular weight is 445 g/mol. The molecule has 2 heterocycles. The van der Waals surface area contributed by atoms with Gasteiger partial charge in [-0.15, -0.1) is 10.2 Å². The second kappa shape index (κ2) is 10.4. The minimum atomic E-state index is -0.259. The van der Waals surface area contributed by atoms with Crippen molar-refractivity contribution in [3.8, 4) is 0 Å². The van der Waals surface area contributed by atoms with Crippen LogP contribution in [0.25, 0.3) is 0 Å². The molecule has 0 saturated carbocycles. The van der Waals surface area contributed by atoms with Crippen molar-refractivity contribution in [3.63, 3.8) is 0 Å². The van der Waals surface area contributed by atoms with Crippen LogP contribution in [-0.4, -0.2) is 37.3 Å². The quantitative estimate of drug-likeness (QED) is 0.481.